The van der Waals surface area contributed by atoms with Gasteiger partial charge in [-0.15, -0.1) is 22.7 Å². The lowest BCUT2D eigenvalue weighted by molar-refractivity contribution is 0.738. The Balaban J connectivity index is 1.38. The number of guanidine groups is 2. The van der Waals surface area contributed by atoms with Crippen LogP contribution in [0.1, 0.15) is 11.1 Å². The van der Waals surface area contributed by atoms with Crippen LogP contribution < -0.4 is 0 Å². The highest BCUT2D eigenvalue weighted by atomic mass is 32.1. The van der Waals surface area contributed by atoms with Crippen molar-refractivity contribution >= 4 is 72.5 Å². The van der Waals surface area contributed by atoms with Gasteiger partial charge >= 0.3 is 0 Å². The summed E-state index contributed by atoms with van der Waals surface area (Å²) in [5, 5.41) is 6.68. The number of rotatable bonds is 2. The highest BCUT2D eigenvalue weighted by Gasteiger charge is 2.30. The number of benzene rings is 2. The summed E-state index contributed by atoms with van der Waals surface area (Å²) >= 11 is 3.49. The molecule has 5 heterocycles. The molecule has 0 radical (unpaired) electrons. The van der Waals surface area contributed by atoms with E-state index < -0.39 is 0 Å². The minimum Gasteiger partial charge on any atom is -0.246 e. The first-order chi connectivity index (χ1) is 15.3. The molecular weight excluding hydrogens is 422 g/mol. The molecule has 3 aliphatic rings. The molecule has 31 heavy (non-hydrogen) atoms. The van der Waals surface area contributed by atoms with Crippen LogP contribution in [0.15, 0.2) is 97.1 Å². The quantitative estimate of drug-likeness (QED) is 0.386. The molecule has 0 unspecified atom stereocenters. The lowest BCUT2D eigenvalue weighted by Gasteiger charge is -2.31. The molecule has 0 saturated carbocycles. The molecule has 2 aromatic carbocycles. The van der Waals surface area contributed by atoms with Crippen LogP contribution in [0.25, 0.3) is 25.9 Å². The van der Waals surface area contributed by atoms with E-state index in [0.29, 0.717) is 11.9 Å². The molecular formula is C24H13N5S2. The molecule has 3 aliphatic heterocycles. The van der Waals surface area contributed by atoms with Gasteiger partial charge in [-0.3, -0.25) is 0 Å². The fourth-order valence-corrected chi connectivity index (χ4v) is 5.55. The van der Waals surface area contributed by atoms with Gasteiger partial charge in [-0.25, -0.2) is 24.9 Å². The van der Waals surface area contributed by atoms with Crippen molar-refractivity contribution in [1.82, 2.24) is 4.90 Å². The number of hydrogen-bond donors (Lipinski definition) is 0. The maximum Gasteiger partial charge on any atom is 0.239 e. The third kappa shape index (κ3) is 2.67. The Labute approximate surface area is 185 Å². The number of nitrogens with zero attached hydrogens (tertiary/aromatic N) is 5. The number of aliphatic imine (C=N–C) groups is 4. The summed E-state index contributed by atoms with van der Waals surface area (Å²) in [7, 11) is 0. The molecule has 5 nitrogen and oxygen atoms in total. The zero-order chi connectivity index (χ0) is 20.4. The van der Waals surface area contributed by atoms with Gasteiger partial charge in [-0.2, -0.15) is 0 Å². The molecule has 0 N–H and O–H groups in total. The highest BCUT2D eigenvalue weighted by molar-refractivity contribution is 7.17. The van der Waals surface area contributed by atoms with Crippen LogP contribution in [0.4, 0.5) is 0 Å². The number of fused-ring (bicyclic) bond motifs is 2. The Morgan fingerprint density at radius 3 is 2.26 bits per heavy atom. The summed E-state index contributed by atoms with van der Waals surface area (Å²) in [5.74, 6) is 1.19. The Hall–Kier alpha value is -3.68. The van der Waals surface area contributed by atoms with Gasteiger partial charge in [0.15, 0.2) is 0 Å². The highest BCUT2D eigenvalue weighted by Crippen LogP contribution is 2.32. The van der Waals surface area contributed by atoms with Crippen LogP contribution in [-0.2, 0) is 0 Å². The fraction of sp³-hybridized carbons (Fsp3) is 0. The molecule has 2 aromatic heterocycles. The molecule has 7 heteroatoms. The lowest BCUT2D eigenvalue weighted by atomic mass is 10.0. The molecule has 0 fully saturated rings. The maximum atomic E-state index is 4.80. The third-order valence-electron chi connectivity index (χ3n) is 5.51. The molecule has 0 saturated heterocycles. The topological polar surface area (TPSA) is 52.7 Å². The zero-order valence-corrected chi connectivity index (χ0v) is 17.7. The van der Waals surface area contributed by atoms with Crippen molar-refractivity contribution in [3.63, 3.8) is 0 Å². The average Bonchev–Trinajstić information content (AvgIpc) is 3.47. The largest absolute Gasteiger partial charge is 0.246 e. The molecule has 0 amide bonds. The van der Waals surface area contributed by atoms with E-state index in [4.69, 9.17) is 9.98 Å². The average molecular weight is 436 g/mol. The molecule has 146 valence electrons. The Morgan fingerprint density at radius 1 is 0.710 bits per heavy atom. The van der Waals surface area contributed by atoms with Crippen LogP contribution in [0.2, 0.25) is 0 Å². The third-order valence-corrected chi connectivity index (χ3v) is 7.31. The first-order valence-electron chi connectivity index (χ1n) is 9.78. The SMILES string of the molecule is C1=NC2=NC(c3ccc4sccc4c3)=CC3=CC(c4ccc5sccc5c4)=NC(=N1)N32. The maximum absolute atomic E-state index is 4.80. The van der Waals surface area contributed by atoms with E-state index in [-0.39, 0.29) is 0 Å². The minimum absolute atomic E-state index is 0.593. The predicted molar refractivity (Wildman–Crippen MR) is 131 cm³/mol. The van der Waals surface area contributed by atoms with Gasteiger partial charge in [-0.1, -0.05) is 12.1 Å². The van der Waals surface area contributed by atoms with Crippen LogP contribution in [0, 0.1) is 0 Å². The van der Waals surface area contributed by atoms with Gasteiger partial charge < -0.3 is 0 Å². The van der Waals surface area contributed by atoms with E-state index >= 15 is 0 Å². The van der Waals surface area contributed by atoms with Gasteiger partial charge in [0.1, 0.15) is 6.34 Å². The van der Waals surface area contributed by atoms with E-state index in [2.05, 4.69) is 81.4 Å². The normalized spacial score (nSPS) is 17.2. The minimum atomic E-state index is 0.593. The fourth-order valence-electron chi connectivity index (χ4n) is 4.00. The Bertz CT molecular complexity index is 1520. The van der Waals surface area contributed by atoms with Crippen LogP contribution in [0.3, 0.4) is 0 Å². The summed E-state index contributed by atoms with van der Waals surface area (Å²) < 4.78 is 2.55. The number of thiophene rings is 2. The van der Waals surface area contributed by atoms with Crippen molar-refractivity contribution in [2.24, 2.45) is 20.0 Å². The first kappa shape index (κ1) is 17.0. The van der Waals surface area contributed by atoms with Crippen molar-refractivity contribution in [1.29, 1.82) is 0 Å². The van der Waals surface area contributed by atoms with Gasteiger partial charge in [-0.05, 0) is 70.1 Å². The van der Waals surface area contributed by atoms with E-state index in [1.165, 1.54) is 26.5 Å². The van der Waals surface area contributed by atoms with E-state index in [9.17, 15) is 0 Å². The van der Waals surface area contributed by atoms with Crippen molar-refractivity contribution in [3.8, 4) is 0 Å². The Morgan fingerprint density at radius 2 is 1.45 bits per heavy atom. The second-order valence-electron chi connectivity index (χ2n) is 7.36. The Kier molecular flexibility index (Phi) is 3.52. The molecule has 7 rings (SSSR count). The molecule has 4 aromatic rings. The van der Waals surface area contributed by atoms with Crippen LogP contribution >= 0.6 is 22.7 Å². The van der Waals surface area contributed by atoms with Gasteiger partial charge in [0.2, 0.25) is 11.9 Å². The zero-order valence-electron chi connectivity index (χ0n) is 16.1. The van der Waals surface area contributed by atoms with Crippen molar-refractivity contribution in [2.75, 3.05) is 0 Å². The summed E-state index contributed by atoms with van der Waals surface area (Å²) in [4.78, 5) is 20.3. The van der Waals surface area contributed by atoms with E-state index in [1.54, 1.807) is 22.7 Å². The second-order valence-corrected chi connectivity index (χ2v) is 9.26. The van der Waals surface area contributed by atoms with Gasteiger partial charge in [0.25, 0.3) is 0 Å². The molecule has 0 bridgehead atoms. The van der Waals surface area contributed by atoms with Crippen molar-refractivity contribution in [2.45, 2.75) is 0 Å². The summed E-state index contributed by atoms with van der Waals surface area (Å²) in [6.07, 6.45) is 5.71. The van der Waals surface area contributed by atoms with Gasteiger partial charge in [0.05, 0.1) is 17.1 Å². The number of hydrogen-bond acceptors (Lipinski definition) is 7. The summed E-state index contributed by atoms with van der Waals surface area (Å²) in [6, 6.07) is 17.2. The monoisotopic (exact) mass is 435 g/mol. The number of allylic oxidation sites excluding steroid dienone is 2. The van der Waals surface area contributed by atoms with Crippen LogP contribution in [-0.4, -0.2) is 28.9 Å². The standard InChI is InChI=1S/C24H13N5S2/c1-3-21-16(5-7-30-21)9-14(1)19-11-18-12-20(15-2-4-22-17(10-15)6-8-31-22)28-24-26-13-25-23(27-19)29(18)24/h1-13H. The van der Waals surface area contributed by atoms with Crippen LogP contribution in [0.5, 0.6) is 0 Å². The van der Waals surface area contributed by atoms with Crippen molar-refractivity contribution < 1.29 is 0 Å². The predicted octanol–water partition coefficient (Wildman–Crippen LogP) is 5.91. The summed E-state index contributed by atoms with van der Waals surface area (Å²) in [5.41, 5.74) is 4.89. The smallest absolute Gasteiger partial charge is 0.239 e. The van der Waals surface area contributed by atoms with Crippen molar-refractivity contribution in [3.05, 3.63) is 88.3 Å². The molecule has 0 aliphatic carbocycles. The lowest BCUT2D eigenvalue weighted by Crippen LogP contribution is -2.40. The molecule has 0 spiro atoms. The first-order valence-corrected chi connectivity index (χ1v) is 11.5. The molecule has 0 atom stereocenters. The summed E-state index contributed by atoms with van der Waals surface area (Å²) in [6.45, 7) is 0. The second kappa shape index (κ2) is 6.41. The van der Waals surface area contributed by atoms with Gasteiger partial charge in [0, 0.05) is 20.5 Å². The van der Waals surface area contributed by atoms with E-state index in [1.807, 2.05) is 4.90 Å². The van der Waals surface area contributed by atoms with E-state index in [0.717, 1.165) is 28.2 Å².